The van der Waals surface area contributed by atoms with E-state index in [4.69, 9.17) is 9.97 Å². The molecule has 37 heavy (non-hydrogen) atoms. The highest BCUT2D eigenvalue weighted by atomic mass is 32.2. The van der Waals surface area contributed by atoms with Crippen LogP contribution in [0.15, 0.2) is 29.2 Å². The van der Waals surface area contributed by atoms with E-state index in [0.29, 0.717) is 29.2 Å². The maximum Gasteiger partial charge on any atom is 0.241 e. The molecule has 3 aromatic rings. The van der Waals surface area contributed by atoms with Crippen molar-refractivity contribution in [2.45, 2.75) is 65.2 Å². The van der Waals surface area contributed by atoms with Gasteiger partial charge in [0.15, 0.2) is 0 Å². The highest BCUT2D eigenvalue weighted by Crippen LogP contribution is 2.32. The molecule has 200 valence electrons. The van der Waals surface area contributed by atoms with Gasteiger partial charge in [0.2, 0.25) is 16.0 Å². The summed E-state index contributed by atoms with van der Waals surface area (Å²) >= 11 is 0. The molecule has 1 saturated carbocycles. The van der Waals surface area contributed by atoms with Gasteiger partial charge < -0.3 is 10.2 Å². The van der Waals surface area contributed by atoms with Crippen LogP contribution in [-0.2, 0) is 10.0 Å². The molecule has 0 unspecified atom stereocenters. The van der Waals surface area contributed by atoms with Crippen LogP contribution in [0.4, 0.5) is 11.8 Å². The van der Waals surface area contributed by atoms with Crippen molar-refractivity contribution in [1.29, 1.82) is 0 Å². The molecule has 0 amide bonds. The fraction of sp³-hybridized carbons (Fsp3) is 0.517. The quantitative estimate of drug-likeness (QED) is 0.409. The summed E-state index contributed by atoms with van der Waals surface area (Å²) in [6, 6.07) is 8.07. The van der Waals surface area contributed by atoms with Gasteiger partial charge in [0.25, 0.3) is 0 Å². The van der Waals surface area contributed by atoms with Crippen LogP contribution >= 0.6 is 0 Å². The van der Waals surface area contributed by atoms with Crippen molar-refractivity contribution in [1.82, 2.24) is 14.7 Å². The van der Waals surface area contributed by atoms with Gasteiger partial charge in [0.1, 0.15) is 5.82 Å². The van der Waals surface area contributed by atoms with E-state index in [9.17, 15) is 8.42 Å². The topological polar surface area (TPSA) is 87.2 Å². The first kappa shape index (κ1) is 27.3. The Morgan fingerprint density at radius 2 is 1.35 bits per heavy atom. The normalized spacial score (nSPS) is 18.2. The first-order chi connectivity index (χ1) is 17.5. The van der Waals surface area contributed by atoms with Crippen molar-refractivity contribution in [3.8, 4) is 0 Å². The SMILES string of the molecule is Cc1c(C)c(C)c(S(=O)(=O)NCC2CCC(CNc3nc(N(C)C)c4ccccc4n3)CC2)c(C)c1C. The van der Waals surface area contributed by atoms with E-state index >= 15 is 0 Å². The van der Waals surface area contributed by atoms with Gasteiger partial charge in [-0.2, -0.15) is 4.98 Å². The number of aromatic nitrogens is 2. The summed E-state index contributed by atoms with van der Waals surface area (Å²) < 4.78 is 29.5. The lowest BCUT2D eigenvalue weighted by Gasteiger charge is -2.29. The van der Waals surface area contributed by atoms with Gasteiger partial charge >= 0.3 is 0 Å². The zero-order valence-electron chi connectivity index (χ0n) is 23.3. The van der Waals surface area contributed by atoms with E-state index < -0.39 is 10.0 Å². The lowest BCUT2D eigenvalue weighted by molar-refractivity contribution is 0.284. The van der Waals surface area contributed by atoms with E-state index in [2.05, 4.69) is 17.0 Å². The third kappa shape index (κ3) is 5.75. The molecule has 0 aliphatic heterocycles. The molecule has 0 saturated heterocycles. The van der Waals surface area contributed by atoms with Crippen molar-refractivity contribution >= 4 is 32.7 Å². The first-order valence-corrected chi connectivity index (χ1v) is 14.7. The minimum atomic E-state index is -3.55. The molecule has 1 aliphatic carbocycles. The lowest BCUT2D eigenvalue weighted by atomic mass is 9.82. The molecular weight excluding hydrogens is 482 g/mol. The highest BCUT2D eigenvalue weighted by Gasteiger charge is 2.27. The highest BCUT2D eigenvalue weighted by molar-refractivity contribution is 7.89. The largest absolute Gasteiger partial charge is 0.362 e. The Morgan fingerprint density at radius 1 is 0.811 bits per heavy atom. The second-order valence-electron chi connectivity index (χ2n) is 10.9. The van der Waals surface area contributed by atoms with Crippen molar-refractivity contribution in [2.24, 2.45) is 11.8 Å². The third-order valence-electron chi connectivity index (χ3n) is 8.28. The molecule has 0 spiro atoms. The Bertz CT molecular complexity index is 1360. The number of para-hydroxylation sites is 1. The summed E-state index contributed by atoms with van der Waals surface area (Å²) in [7, 11) is 0.441. The number of nitrogens with zero attached hydrogens (tertiary/aromatic N) is 3. The van der Waals surface area contributed by atoms with E-state index in [-0.39, 0.29) is 0 Å². The predicted octanol–water partition coefficient (Wildman–Crippen LogP) is 5.43. The van der Waals surface area contributed by atoms with Crippen LogP contribution < -0.4 is 14.9 Å². The van der Waals surface area contributed by atoms with Gasteiger partial charge in [-0.15, -0.1) is 0 Å². The number of fused-ring (bicyclic) bond motifs is 1. The van der Waals surface area contributed by atoms with Crippen LogP contribution in [0.2, 0.25) is 0 Å². The van der Waals surface area contributed by atoms with Gasteiger partial charge in [-0.1, -0.05) is 12.1 Å². The molecule has 1 fully saturated rings. The van der Waals surface area contributed by atoms with Crippen molar-refractivity contribution < 1.29 is 8.42 Å². The molecule has 1 aliphatic rings. The number of benzene rings is 2. The zero-order chi connectivity index (χ0) is 26.9. The monoisotopic (exact) mass is 523 g/mol. The molecule has 0 bridgehead atoms. The molecular formula is C29H41N5O2S. The number of anilines is 2. The summed E-state index contributed by atoms with van der Waals surface area (Å²) in [4.78, 5) is 11.9. The summed E-state index contributed by atoms with van der Waals surface area (Å²) in [5.74, 6) is 2.45. The minimum absolute atomic E-state index is 0.358. The molecule has 8 heteroatoms. The maximum absolute atomic E-state index is 13.3. The second-order valence-corrected chi connectivity index (χ2v) is 12.6. The number of hydrogen-bond acceptors (Lipinski definition) is 6. The molecule has 4 rings (SSSR count). The summed E-state index contributed by atoms with van der Waals surface area (Å²) in [6.07, 6.45) is 4.16. The van der Waals surface area contributed by atoms with Gasteiger partial charge in [0, 0.05) is 32.6 Å². The summed E-state index contributed by atoms with van der Waals surface area (Å²) in [5, 5.41) is 4.51. The van der Waals surface area contributed by atoms with Crippen LogP contribution in [0.3, 0.4) is 0 Å². The van der Waals surface area contributed by atoms with Crippen LogP contribution in [-0.4, -0.2) is 45.6 Å². The molecule has 2 N–H and O–H groups in total. The van der Waals surface area contributed by atoms with Crippen LogP contribution in [0.25, 0.3) is 10.9 Å². The zero-order valence-corrected chi connectivity index (χ0v) is 24.1. The number of sulfonamides is 1. The van der Waals surface area contributed by atoms with Gasteiger partial charge in [-0.25, -0.2) is 18.1 Å². The van der Waals surface area contributed by atoms with Crippen molar-refractivity contribution in [3.05, 3.63) is 52.1 Å². The standard InChI is InChI=1S/C29H41N5O2S/c1-18-19(2)21(4)27(22(5)20(18)3)37(35,36)31-17-24-14-12-23(13-15-24)16-30-29-32-26-11-9-8-10-25(26)28(33-29)34(6)7/h8-11,23-24,31H,12-17H2,1-7H3,(H,30,32,33). The molecule has 2 aromatic carbocycles. The average molecular weight is 524 g/mol. The lowest BCUT2D eigenvalue weighted by Crippen LogP contribution is -2.33. The van der Waals surface area contributed by atoms with Crippen LogP contribution in [0.5, 0.6) is 0 Å². The molecule has 1 aromatic heterocycles. The van der Waals surface area contributed by atoms with Gasteiger partial charge in [0.05, 0.1) is 10.4 Å². The second kappa shape index (κ2) is 11.0. The Hall–Kier alpha value is -2.71. The molecule has 1 heterocycles. The van der Waals surface area contributed by atoms with Crippen LogP contribution in [0.1, 0.15) is 53.5 Å². The van der Waals surface area contributed by atoms with E-state index in [1.807, 2.05) is 71.0 Å². The smallest absolute Gasteiger partial charge is 0.241 e. The van der Waals surface area contributed by atoms with Crippen LogP contribution in [0, 0.1) is 46.5 Å². The number of rotatable bonds is 8. The van der Waals surface area contributed by atoms with E-state index in [1.54, 1.807) is 0 Å². The Labute approximate surface area is 222 Å². The fourth-order valence-electron chi connectivity index (χ4n) is 5.52. The van der Waals surface area contributed by atoms with Crippen molar-refractivity contribution in [2.75, 3.05) is 37.4 Å². The number of hydrogen-bond donors (Lipinski definition) is 2. The summed E-state index contributed by atoms with van der Waals surface area (Å²) in [5.41, 5.74) is 5.94. The Balaban J connectivity index is 1.33. The molecule has 0 radical (unpaired) electrons. The summed E-state index contributed by atoms with van der Waals surface area (Å²) in [6.45, 7) is 11.2. The van der Waals surface area contributed by atoms with E-state index in [0.717, 1.165) is 71.2 Å². The molecule has 7 nitrogen and oxygen atoms in total. The number of nitrogens with one attached hydrogen (secondary N) is 2. The van der Waals surface area contributed by atoms with Crippen molar-refractivity contribution in [3.63, 3.8) is 0 Å². The Morgan fingerprint density at radius 3 is 1.95 bits per heavy atom. The maximum atomic E-state index is 13.3. The fourth-order valence-corrected chi connectivity index (χ4v) is 7.24. The van der Waals surface area contributed by atoms with Gasteiger partial charge in [-0.05, 0) is 112 Å². The predicted molar refractivity (Wildman–Crippen MR) is 153 cm³/mol. The van der Waals surface area contributed by atoms with E-state index in [1.165, 1.54) is 5.56 Å². The molecule has 0 atom stereocenters. The third-order valence-corrected chi connectivity index (χ3v) is 9.98. The Kier molecular flexibility index (Phi) is 8.09. The van der Waals surface area contributed by atoms with Gasteiger partial charge in [-0.3, -0.25) is 0 Å². The first-order valence-electron chi connectivity index (χ1n) is 13.2. The average Bonchev–Trinajstić information content (AvgIpc) is 2.88. The minimum Gasteiger partial charge on any atom is -0.362 e.